The number of fused-ring (bicyclic) bond motifs is 5. The highest BCUT2D eigenvalue weighted by Gasteiger charge is 2.44. The number of carboxylic acid groups (broad SMARTS) is 1. The van der Waals surface area contributed by atoms with Crippen LogP contribution in [0, 0.1) is 23.5 Å². The minimum atomic E-state index is -1.33. The molecule has 1 saturated heterocycles. The van der Waals surface area contributed by atoms with Gasteiger partial charge in [0.15, 0.2) is 11.6 Å². The lowest BCUT2D eigenvalue weighted by Gasteiger charge is -2.28. The quantitative estimate of drug-likeness (QED) is 0.277. The van der Waals surface area contributed by atoms with Crippen LogP contribution in [-0.4, -0.2) is 75.8 Å². The van der Waals surface area contributed by atoms with Gasteiger partial charge in [0.25, 0.3) is 0 Å². The highest BCUT2D eigenvalue weighted by molar-refractivity contribution is 6.18. The number of carbonyl (C=O) groups is 1. The van der Waals surface area contributed by atoms with Crippen LogP contribution in [0.25, 0.3) is 44.1 Å². The van der Waals surface area contributed by atoms with Crippen LogP contribution in [0.3, 0.4) is 0 Å². The zero-order valence-electron chi connectivity index (χ0n) is 24.2. The Morgan fingerprint density at radius 2 is 1.93 bits per heavy atom. The van der Waals surface area contributed by atoms with Crippen LogP contribution in [0.4, 0.5) is 20.2 Å². The predicted octanol–water partition coefficient (Wildman–Crippen LogP) is 4.42. The van der Waals surface area contributed by atoms with Gasteiger partial charge < -0.3 is 29.8 Å². The maximum atomic E-state index is 15.7. The molecule has 1 aliphatic carbocycles. The van der Waals surface area contributed by atoms with E-state index in [1.54, 1.807) is 32.6 Å². The van der Waals surface area contributed by atoms with Crippen LogP contribution in [0.5, 0.6) is 0 Å². The molecule has 2 aliphatic rings. The smallest absolute Gasteiger partial charge is 0.341 e. The summed E-state index contributed by atoms with van der Waals surface area (Å²) in [6.07, 6.45) is 6.70. The monoisotopic (exact) mass is 587 g/mol. The molecule has 2 fully saturated rings. The second kappa shape index (κ2) is 9.73. The van der Waals surface area contributed by atoms with Gasteiger partial charge in [-0.25, -0.2) is 23.5 Å². The zero-order chi connectivity index (χ0) is 30.3. The molecule has 0 spiro atoms. The van der Waals surface area contributed by atoms with Gasteiger partial charge in [-0.05, 0) is 44.8 Å². The molecule has 1 unspecified atom stereocenters. The Bertz CT molecular complexity index is 2040. The summed E-state index contributed by atoms with van der Waals surface area (Å²) in [6.45, 7) is 1.45. The lowest BCUT2D eigenvalue weighted by atomic mass is 9.97. The van der Waals surface area contributed by atoms with E-state index in [2.05, 4.69) is 44.2 Å². The lowest BCUT2D eigenvalue weighted by molar-refractivity contribution is 0.0695. The Labute approximate surface area is 244 Å². The Morgan fingerprint density at radius 1 is 1.14 bits per heavy atom. The van der Waals surface area contributed by atoms with Crippen LogP contribution in [0.1, 0.15) is 23.2 Å². The van der Waals surface area contributed by atoms with Crippen molar-refractivity contribution in [3.63, 3.8) is 0 Å². The Kier molecular flexibility index (Phi) is 6.17. The number of H-pyrrole nitrogens is 1. The van der Waals surface area contributed by atoms with Crippen molar-refractivity contribution in [2.24, 2.45) is 18.9 Å². The Hall–Kier alpha value is -4.58. The van der Waals surface area contributed by atoms with Crippen molar-refractivity contribution in [1.29, 1.82) is 0 Å². The number of hydrogen-bond acceptors (Lipinski definition) is 7. The molecule has 1 aromatic carbocycles. The minimum absolute atomic E-state index is 0.0998. The summed E-state index contributed by atoms with van der Waals surface area (Å²) >= 11 is 0. The fourth-order valence-corrected chi connectivity index (χ4v) is 7.40. The summed E-state index contributed by atoms with van der Waals surface area (Å²) in [5, 5.41) is 13.3. The van der Waals surface area contributed by atoms with E-state index in [1.165, 1.54) is 10.8 Å². The van der Waals surface area contributed by atoms with Gasteiger partial charge in [0.1, 0.15) is 16.9 Å². The number of pyridine rings is 3. The van der Waals surface area contributed by atoms with Crippen molar-refractivity contribution < 1.29 is 18.7 Å². The number of aromatic carboxylic acids is 1. The van der Waals surface area contributed by atoms with Crippen molar-refractivity contribution in [2.45, 2.75) is 18.9 Å². The van der Waals surface area contributed by atoms with Gasteiger partial charge in [0, 0.05) is 69.0 Å². The van der Waals surface area contributed by atoms with Crippen molar-refractivity contribution in [2.75, 3.05) is 44.4 Å². The first-order valence-corrected chi connectivity index (χ1v) is 14.2. The van der Waals surface area contributed by atoms with Gasteiger partial charge in [-0.1, -0.05) is 0 Å². The maximum Gasteiger partial charge on any atom is 0.341 e. The number of carboxylic acids is 1. The van der Waals surface area contributed by atoms with Gasteiger partial charge in [-0.2, -0.15) is 0 Å². The fourth-order valence-electron chi connectivity index (χ4n) is 7.40. The largest absolute Gasteiger partial charge is 0.477 e. The van der Waals surface area contributed by atoms with Gasteiger partial charge in [0.05, 0.1) is 33.1 Å². The molecule has 1 saturated carbocycles. The number of nitrogens with zero attached hydrogens (tertiary/aromatic N) is 5. The molecule has 7 rings (SSSR count). The van der Waals surface area contributed by atoms with E-state index < -0.39 is 23.0 Å². The molecule has 5 heterocycles. The van der Waals surface area contributed by atoms with Crippen LogP contribution in [0.2, 0.25) is 0 Å². The van der Waals surface area contributed by atoms with E-state index in [4.69, 9.17) is 0 Å². The van der Waals surface area contributed by atoms with E-state index in [1.807, 2.05) is 0 Å². The van der Waals surface area contributed by atoms with Gasteiger partial charge >= 0.3 is 5.97 Å². The van der Waals surface area contributed by atoms with E-state index in [-0.39, 0.29) is 16.3 Å². The topological polar surface area (TPSA) is 119 Å². The number of nitrogens with one attached hydrogen (secondary N) is 2. The summed E-state index contributed by atoms with van der Waals surface area (Å²) in [5.74, 6) is -2.44. The van der Waals surface area contributed by atoms with Crippen LogP contribution in [-0.2, 0) is 7.05 Å². The lowest BCUT2D eigenvalue weighted by Crippen LogP contribution is -2.35. The summed E-state index contributed by atoms with van der Waals surface area (Å²) < 4.78 is 32.2. The van der Waals surface area contributed by atoms with E-state index in [0.717, 1.165) is 25.5 Å². The predicted molar refractivity (Wildman–Crippen MR) is 162 cm³/mol. The summed E-state index contributed by atoms with van der Waals surface area (Å²) in [6, 6.07) is 3.15. The van der Waals surface area contributed by atoms with E-state index in [0.29, 0.717) is 69.1 Å². The Balaban J connectivity index is 1.53. The number of aromatic amines is 1. The molecule has 12 heteroatoms. The van der Waals surface area contributed by atoms with Crippen molar-refractivity contribution in [3.8, 4) is 11.1 Å². The normalized spacial score (nSPS) is 20.2. The minimum Gasteiger partial charge on any atom is -0.477 e. The van der Waals surface area contributed by atoms with Crippen molar-refractivity contribution in [3.05, 3.63) is 58.1 Å². The second-order valence-electron chi connectivity index (χ2n) is 11.9. The molecule has 3 N–H and O–H groups in total. The number of hydrogen-bond donors (Lipinski definition) is 3. The molecule has 3 atom stereocenters. The van der Waals surface area contributed by atoms with E-state index in [9.17, 15) is 19.1 Å². The van der Waals surface area contributed by atoms with Crippen molar-refractivity contribution in [1.82, 2.24) is 24.4 Å². The average molecular weight is 588 g/mol. The second-order valence-corrected chi connectivity index (χ2v) is 11.9. The van der Waals surface area contributed by atoms with Gasteiger partial charge in [0.2, 0.25) is 5.43 Å². The maximum absolute atomic E-state index is 15.7. The molecule has 4 aromatic heterocycles. The van der Waals surface area contributed by atoms with Crippen LogP contribution >= 0.6 is 0 Å². The molecule has 222 valence electrons. The van der Waals surface area contributed by atoms with E-state index >= 15 is 4.39 Å². The number of aromatic nitrogens is 4. The highest BCUT2D eigenvalue weighted by atomic mass is 19.2. The number of aryl methyl sites for hydroxylation is 1. The molecule has 1 aliphatic heterocycles. The summed E-state index contributed by atoms with van der Waals surface area (Å²) in [4.78, 5) is 41.9. The third-order valence-corrected chi connectivity index (χ3v) is 9.39. The van der Waals surface area contributed by atoms with Gasteiger partial charge in [-0.3, -0.25) is 4.79 Å². The summed E-state index contributed by atoms with van der Waals surface area (Å²) in [7, 11) is 7.46. The Morgan fingerprint density at radius 3 is 2.65 bits per heavy atom. The number of halogens is 2. The third kappa shape index (κ3) is 3.99. The summed E-state index contributed by atoms with van der Waals surface area (Å²) in [5.41, 5.74) is 2.35. The zero-order valence-corrected chi connectivity index (χ0v) is 24.2. The molecule has 5 aromatic rings. The molecular weight excluding hydrogens is 556 g/mol. The molecule has 10 nitrogen and oxygen atoms in total. The highest BCUT2D eigenvalue weighted by Crippen LogP contribution is 2.48. The standard InChI is InChI=1S/C31H31F2N7O3/c1-34-21-8-20(32)25(33)23-24-27(40-11-14-5-6-22(38(2)3)18(14)13-40)17(10-35-29(24)37-26(21)23)15-7-16-28(41)19(31(42)43)12-39(4)30(16)36-9-15/h7-10,12,14,18,22,34H,5-6,11,13H2,1-4H3,(H,35,37)(H,42,43)/t14-,18+,22?/m1/s1. The SMILES string of the molecule is CNc1cc(F)c(F)c2c1[nH]c1ncc(-c3cnc4c(c3)c(=O)c(C(=O)O)cn4C)c(N3C[C@H]4CCC(N(C)C)[C@H]4C3)c12. The number of benzene rings is 1. The van der Waals surface area contributed by atoms with Crippen LogP contribution in [0.15, 0.2) is 35.5 Å². The first kappa shape index (κ1) is 27.3. The molecular formula is C31H31F2N7O3. The van der Waals surface area contributed by atoms with Gasteiger partial charge in [-0.15, -0.1) is 0 Å². The number of rotatable bonds is 5. The van der Waals surface area contributed by atoms with Crippen molar-refractivity contribution >= 4 is 50.3 Å². The fraction of sp³-hybridized carbons (Fsp3) is 0.355. The molecule has 43 heavy (non-hydrogen) atoms. The average Bonchev–Trinajstić information content (AvgIpc) is 3.68. The van der Waals surface area contributed by atoms with Crippen LogP contribution < -0.4 is 15.6 Å². The third-order valence-electron chi connectivity index (χ3n) is 9.39. The molecule has 0 bridgehead atoms. The first-order valence-electron chi connectivity index (χ1n) is 14.2. The number of anilines is 2. The molecule has 0 radical (unpaired) electrons. The molecule has 0 amide bonds. The first-order chi connectivity index (χ1) is 20.6.